The number of carbonyl (C=O) groups excluding carboxylic acids is 3. The normalized spacial score (nSPS) is 12.9. The molecule has 0 heterocycles. The highest BCUT2D eigenvalue weighted by atomic mass is 32.1. The Labute approximate surface area is 229 Å². The molecule has 0 spiro atoms. The van der Waals surface area contributed by atoms with Crippen LogP contribution in [0.25, 0.3) is 0 Å². The quantitative estimate of drug-likeness (QED) is 0.180. The van der Waals surface area contributed by atoms with Crippen molar-refractivity contribution in [1.82, 2.24) is 15.5 Å². The molecule has 37 heavy (non-hydrogen) atoms. The number of nitrogens with one attached hydrogen (secondary N) is 2. The van der Waals surface area contributed by atoms with Crippen molar-refractivity contribution in [2.75, 3.05) is 18.8 Å². The van der Waals surface area contributed by atoms with Crippen molar-refractivity contribution < 1.29 is 19.1 Å². The molecule has 2 atom stereocenters. The first-order chi connectivity index (χ1) is 17.5. The number of amides is 3. The Balaban J connectivity index is 3.28. The lowest BCUT2D eigenvalue weighted by molar-refractivity contribution is -0.142. The summed E-state index contributed by atoms with van der Waals surface area (Å²) in [7, 11) is 0. The van der Waals surface area contributed by atoms with Gasteiger partial charge in [-0.25, -0.2) is 4.79 Å². The first-order valence-corrected chi connectivity index (χ1v) is 14.4. The van der Waals surface area contributed by atoms with Gasteiger partial charge in [-0.2, -0.15) is 12.6 Å². The molecule has 0 fully saturated rings. The van der Waals surface area contributed by atoms with Crippen molar-refractivity contribution in [3.63, 3.8) is 0 Å². The monoisotopic (exact) mass is 535 g/mol. The highest BCUT2D eigenvalue weighted by molar-refractivity contribution is 7.80. The zero-order valence-electron chi connectivity index (χ0n) is 23.8. The lowest BCUT2D eigenvalue weighted by Crippen LogP contribution is -2.54. The van der Waals surface area contributed by atoms with Gasteiger partial charge < -0.3 is 20.3 Å². The molecule has 3 amide bonds. The Kier molecular flexibility index (Phi) is 15.4. The number of alkyl carbamates (subject to hydrolysis) is 1. The number of hydrogen-bond donors (Lipinski definition) is 3. The average molecular weight is 536 g/mol. The molecule has 8 heteroatoms. The van der Waals surface area contributed by atoms with Gasteiger partial charge >= 0.3 is 6.09 Å². The van der Waals surface area contributed by atoms with Gasteiger partial charge in [-0.15, -0.1) is 0 Å². The number of aryl methyl sites for hydroxylation is 1. The van der Waals surface area contributed by atoms with Crippen molar-refractivity contribution in [2.45, 2.75) is 111 Å². The molecule has 2 N–H and O–H groups in total. The molecule has 0 aromatic heterocycles. The van der Waals surface area contributed by atoms with Gasteiger partial charge in [0.1, 0.15) is 17.7 Å². The summed E-state index contributed by atoms with van der Waals surface area (Å²) < 4.78 is 5.37. The number of ether oxygens (including phenoxy) is 1. The summed E-state index contributed by atoms with van der Waals surface area (Å²) in [5, 5.41) is 5.71. The Morgan fingerprint density at radius 2 is 1.54 bits per heavy atom. The molecular formula is C29H49N3O4S. The summed E-state index contributed by atoms with van der Waals surface area (Å²) in [5.41, 5.74) is 1.12. The van der Waals surface area contributed by atoms with Gasteiger partial charge in [0.25, 0.3) is 0 Å². The predicted octanol–water partition coefficient (Wildman–Crippen LogP) is 5.96. The van der Waals surface area contributed by atoms with Crippen LogP contribution >= 0.6 is 12.6 Å². The summed E-state index contributed by atoms with van der Waals surface area (Å²) in [4.78, 5) is 41.5. The molecule has 210 valence electrons. The van der Waals surface area contributed by atoms with E-state index < -0.39 is 23.8 Å². The van der Waals surface area contributed by atoms with Crippen LogP contribution in [-0.4, -0.2) is 53.3 Å². The van der Waals surface area contributed by atoms with Crippen molar-refractivity contribution in [3.8, 4) is 0 Å². The van der Waals surface area contributed by atoms with Gasteiger partial charge in [0.15, 0.2) is 0 Å². The molecule has 0 aliphatic carbocycles. The van der Waals surface area contributed by atoms with Gasteiger partial charge in [-0.05, 0) is 46.1 Å². The topological polar surface area (TPSA) is 87.7 Å². The van der Waals surface area contributed by atoms with Crippen molar-refractivity contribution in [1.29, 1.82) is 0 Å². The fourth-order valence-electron chi connectivity index (χ4n) is 3.99. The molecule has 1 rings (SSSR count). The zero-order chi connectivity index (χ0) is 27.8. The minimum absolute atomic E-state index is 0.0865. The molecule has 1 aromatic rings. The number of hydrogen-bond acceptors (Lipinski definition) is 5. The van der Waals surface area contributed by atoms with E-state index >= 15 is 0 Å². The highest BCUT2D eigenvalue weighted by Crippen LogP contribution is 2.24. The maximum atomic E-state index is 13.9. The maximum absolute atomic E-state index is 13.9. The third-order valence-corrected chi connectivity index (χ3v) is 6.36. The number of nitrogens with zero attached hydrogens (tertiary/aromatic N) is 1. The third kappa shape index (κ3) is 12.7. The number of thiol groups is 1. The van der Waals surface area contributed by atoms with E-state index in [1.165, 1.54) is 0 Å². The second-order valence-electron chi connectivity index (χ2n) is 10.6. The number of benzene rings is 1. The van der Waals surface area contributed by atoms with E-state index in [4.69, 9.17) is 4.74 Å². The fourth-order valence-corrected chi connectivity index (χ4v) is 4.24. The molecule has 0 aliphatic heterocycles. The fraction of sp³-hybridized carbons (Fsp3) is 0.690. The molecule has 0 radical (unpaired) electrons. The summed E-state index contributed by atoms with van der Waals surface area (Å²) in [6.45, 7) is 12.5. The van der Waals surface area contributed by atoms with Crippen LogP contribution in [0.4, 0.5) is 4.79 Å². The van der Waals surface area contributed by atoms with Gasteiger partial charge in [0.05, 0.1) is 0 Å². The first kappa shape index (κ1) is 32.8. The Bertz CT molecular complexity index is 823. The molecule has 0 saturated carbocycles. The Hall–Kier alpha value is -2.22. The van der Waals surface area contributed by atoms with Gasteiger partial charge in [-0.1, -0.05) is 82.2 Å². The predicted molar refractivity (Wildman–Crippen MR) is 154 cm³/mol. The van der Waals surface area contributed by atoms with Crippen molar-refractivity contribution in [3.05, 3.63) is 35.4 Å². The van der Waals surface area contributed by atoms with Crippen molar-refractivity contribution >= 4 is 30.5 Å². The van der Waals surface area contributed by atoms with Crippen LogP contribution in [0.2, 0.25) is 0 Å². The summed E-state index contributed by atoms with van der Waals surface area (Å²) in [6, 6.07) is 5.98. The van der Waals surface area contributed by atoms with E-state index in [-0.39, 0.29) is 17.6 Å². The second-order valence-corrected chi connectivity index (χ2v) is 11.0. The molecule has 7 nitrogen and oxygen atoms in total. The maximum Gasteiger partial charge on any atom is 0.408 e. The first-order valence-electron chi connectivity index (χ1n) is 13.8. The van der Waals surface area contributed by atoms with Crippen LogP contribution in [0.1, 0.15) is 103 Å². The standard InChI is InChI=1S/C29H49N3O4S/c1-7-9-11-12-14-20-32(27(34)24(21-37)31-28(35)36-29(4,5)6)25(23-17-15-22(3)16-18-23)26(33)30-19-13-10-8-2/h15-18,24-25,37H,7-14,19-21H2,1-6H3,(H,30,33)(H,31,35). The van der Waals surface area contributed by atoms with E-state index in [1.54, 1.807) is 25.7 Å². The molecule has 2 unspecified atom stereocenters. The van der Waals surface area contributed by atoms with Crippen LogP contribution in [0.5, 0.6) is 0 Å². The van der Waals surface area contributed by atoms with Crippen LogP contribution in [0.3, 0.4) is 0 Å². The van der Waals surface area contributed by atoms with E-state index in [1.807, 2.05) is 31.2 Å². The van der Waals surface area contributed by atoms with Gasteiger partial charge in [-0.3, -0.25) is 9.59 Å². The molecule has 0 bridgehead atoms. The van der Waals surface area contributed by atoms with Crippen LogP contribution < -0.4 is 10.6 Å². The minimum Gasteiger partial charge on any atom is -0.444 e. The Morgan fingerprint density at radius 1 is 0.946 bits per heavy atom. The Morgan fingerprint density at radius 3 is 2.11 bits per heavy atom. The van der Waals surface area contributed by atoms with E-state index in [2.05, 4.69) is 37.1 Å². The average Bonchev–Trinajstić information content (AvgIpc) is 2.83. The van der Waals surface area contributed by atoms with E-state index in [0.717, 1.165) is 62.5 Å². The van der Waals surface area contributed by atoms with Gasteiger partial charge in [0, 0.05) is 18.8 Å². The number of unbranched alkanes of at least 4 members (excludes halogenated alkanes) is 6. The minimum atomic E-state index is -0.922. The lowest BCUT2D eigenvalue weighted by Gasteiger charge is -2.34. The zero-order valence-corrected chi connectivity index (χ0v) is 24.7. The largest absolute Gasteiger partial charge is 0.444 e. The smallest absolute Gasteiger partial charge is 0.408 e. The van der Waals surface area contributed by atoms with Gasteiger partial charge in [0.2, 0.25) is 11.8 Å². The van der Waals surface area contributed by atoms with E-state index in [0.29, 0.717) is 13.1 Å². The third-order valence-electron chi connectivity index (χ3n) is 5.99. The lowest BCUT2D eigenvalue weighted by atomic mass is 10.0. The molecular weight excluding hydrogens is 486 g/mol. The number of carbonyl (C=O) groups is 3. The molecule has 1 aromatic carbocycles. The van der Waals surface area contributed by atoms with Crippen molar-refractivity contribution in [2.24, 2.45) is 0 Å². The summed E-state index contributed by atoms with van der Waals surface area (Å²) >= 11 is 4.36. The SMILES string of the molecule is CCCCCCCN(C(=O)C(CS)NC(=O)OC(C)(C)C)C(C(=O)NCCCCC)c1ccc(C)cc1. The van der Waals surface area contributed by atoms with Crippen LogP contribution in [-0.2, 0) is 14.3 Å². The number of rotatable bonds is 16. The highest BCUT2D eigenvalue weighted by Gasteiger charge is 2.35. The van der Waals surface area contributed by atoms with Crippen LogP contribution in [0.15, 0.2) is 24.3 Å². The molecule has 0 saturated heterocycles. The molecule has 0 aliphatic rings. The van der Waals surface area contributed by atoms with Crippen LogP contribution in [0, 0.1) is 6.92 Å². The summed E-state index contributed by atoms with van der Waals surface area (Å²) in [6.07, 6.45) is 7.33. The second kappa shape index (κ2) is 17.3. The van der Waals surface area contributed by atoms with E-state index in [9.17, 15) is 14.4 Å². The summed E-state index contributed by atoms with van der Waals surface area (Å²) in [5.74, 6) is -0.467.